The first-order valence-electron chi connectivity index (χ1n) is 8.37. The number of nitrogens with one attached hydrogen (secondary N) is 2. The SMILES string of the molecule is Cc1c(C(=O)NCCCN2CCNCC2)oc2c(C)cccc12.Cl. The van der Waals surface area contributed by atoms with Crippen molar-refractivity contribution in [2.24, 2.45) is 0 Å². The number of fused-ring (bicyclic) bond motifs is 1. The number of aryl methyl sites for hydroxylation is 2. The van der Waals surface area contributed by atoms with Crippen molar-refractivity contribution in [1.29, 1.82) is 0 Å². The Morgan fingerprint density at radius 1 is 1.29 bits per heavy atom. The summed E-state index contributed by atoms with van der Waals surface area (Å²) in [6.07, 6.45) is 0.962. The van der Waals surface area contributed by atoms with Crippen molar-refractivity contribution in [1.82, 2.24) is 15.5 Å². The minimum atomic E-state index is -0.113. The number of nitrogens with zero attached hydrogens (tertiary/aromatic N) is 1. The van der Waals surface area contributed by atoms with Crippen LogP contribution in [-0.2, 0) is 0 Å². The van der Waals surface area contributed by atoms with Crippen LogP contribution in [0.15, 0.2) is 22.6 Å². The average molecular weight is 352 g/mol. The van der Waals surface area contributed by atoms with E-state index in [-0.39, 0.29) is 18.3 Å². The van der Waals surface area contributed by atoms with Gasteiger partial charge in [0, 0.05) is 43.7 Å². The van der Waals surface area contributed by atoms with Gasteiger partial charge in [-0.05, 0) is 32.4 Å². The van der Waals surface area contributed by atoms with Crippen LogP contribution in [0.2, 0.25) is 0 Å². The van der Waals surface area contributed by atoms with E-state index in [0.717, 1.165) is 61.2 Å². The van der Waals surface area contributed by atoms with Crippen LogP contribution in [-0.4, -0.2) is 50.1 Å². The first kappa shape index (κ1) is 18.8. The molecule has 5 nitrogen and oxygen atoms in total. The number of carbonyl (C=O) groups is 1. The number of halogens is 1. The largest absolute Gasteiger partial charge is 0.450 e. The van der Waals surface area contributed by atoms with Crippen molar-refractivity contribution in [3.8, 4) is 0 Å². The summed E-state index contributed by atoms with van der Waals surface area (Å²) in [4.78, 5) is 14.8. The van der Waals surface area contributed by atoms with Gasteiger partial charge < -0.3 is 20.0 Å². The van der Waals surface area contributed by atoms with E-state index < -0.39 is 0 Å². The molecule has 1 aliphatic heterocycles. The lowest BCUT2D eigenvalue weighted by Gasteiger charge is -2.26. The number of carbonyl (C=O) groups excluding carboxylic acids is 1. The second-order valence-electron chi connectivity index (χ2n) is 6.21. The van der Waals surface area contributed by atoms with Gasteiger partial charge in [0.15, 0.2) is 5.76 Å². The van der Waals surface area contributed by atoms with Gasteiger partial charge in [0.1, 0.15) is 5.58 Å². The molecule has 1 aliphatic rings. The molecule has 132 valence electrons. The first-order chi connectivity index (χ1) is 11.2. The minimum Gasteiger partial charge on any atom is -0.450 e. The van der Waals surface area contributed by atoms with Crippen molar-refractivity contribution in [3.63, 3.8) is 0 Å². The molecule has 1 saturated heterocycles. The summed E-state index contributed by atoms with van der Waals surface area (Å²) in [5, 5.41) is 7.35. The third kappa shape index (κ3) is 4.09. The van der Waals surface area contributed by atoms with Gasteiger partial charge >= 0.3 is 0 Å². The van der Waals surface area contributed by atoms with Crippen molar-refractivity contribution in [3.05, 3.63) is 35.1 Å². The van der Waals surface area contributed by atoms with E-state index in [1.165, 1.54) is 0 Å². The van der Waals surface area contributed by atoms with Crippen LogP contribution in [0.3, 0.4) is 0 Å². The fourth-order valence-electron chi connectivity index (χ4n) is 3.12. The minimum absolute atomic E-state index is 0. The van der Waals surface area contributed by atoms with E-state index in [0.29, 0.717) is 12.3 Å². The molecule has 1 amide bonds. The number of para-hydroxylation sites is 1. The van der Waals surface area contributed by atoms with Gasteiger partial charge in [-0.2, -0.15) is 0 Å². The third-order valence-corrected chi connectivity index (χ3v) is 4.51. The molecule has 2 N–H and O–H groups in total. The molecule has 0 saturated carbocycles. The molecule has 0 aliphatic carbocycles. The number of hydrogen-bond acceptors (Lipinski definition) is 4. The Balaban J connectivity index is 0.00000208. The van der Waals surface area contributed by atoms with Crippen LogP contribution >= 0.6 is 12.4 Å². The monoisotopic (exact) mass is 351 g/mol. The Hall–Kier alpha value is -1.56. The summed E-state index contributed by atoms with van der Waals surface area (Å²) in [7, 11) is 0. The standard InChI is InChI=1S/C18H25N3O2.ClH/c1-13-5-3-6-15-14(2)17(23-16(13)15)18(22)20-7-4-10-21-11-8-19-9-12-21;/h3,5-6,19H,4,7-12H2,1-2H3,(H,20,22);1H. The van der Waals surface area contributed by atoms with Crippen LogP contribution < -0.4 is 10.6 Å². The van der Waals surface area contributed by atoms with Gasteiger partial charge in [0.05, 0.1) is 0 Å². The molecule has 24 heavy (non-hydrogen) atoms. The molecule has 3 rings (SSSR count). The number of benzene rings is 1. The second kappa shape index (κ2) is 8.51. The highest BCUT2D eigenvalue weighted by atomic mass is 35.5. The number of piperazine rings is 1. The predicted octanol–water partition coefficient (Wildman–Crippen LogP) is 2.50. The lowest BCUT2D eigenvalue weighted by Crippen LogP contribution is -2.44. The van der Waals surface area contributed by atoms with E-state index in [4.69, 9.17) is 4.42 Å². The number of rotatable bonds is 5. The van der Waals surface area contributed by atoms with Crippen molar-refractivity contribution in [2.45, 2.75) is 20.3 Å². The van der Waals surface area contributed by atoms with E-state index in [1.807, 2.05) is 32.0 Å². The molecule has 2 heterocycles. The maximum atomic E-state index is 12.4. The lowest BCUT2D eigenvalue weighted by atomic mass is 10.1. The summed E-state index contributed by atoms with van der Waals surface area (Å²) in [5.41, 5.74) is 2.79. The molecule has 2 aromatic rings. The van der Waals surface area contributed by atoms with E-state index in [2.05, 4.69) is 15.5 Å². The fraction of sp³-hybridized carbons (Fsp3) is 0.500. The Labute approximate surface area is 149 Å². The maximum Gasteiger partial charge on any atom is 0.287 e. The molecule has 0 radical (unpaired) electrons. The highest BCUT2D eigenvalue weighted by molar-refractivity contribution is 5.99. The number of furan rings is 1. The van der Waals surface area contributed by atoms with Crippen molar-refractivity contribution < 1.29 is 9.21 Å². The van der Waals surface area contributed by atoms with Crippen LogP contribution in [0.1, 0.15) is 28.1 Å². The van der Waals surface area contributed by atoms with Crippen molar-refractivity contribution >= 4 is 29.3 Å². The second-order valence-corrected chi connectivity index (χ2v) is 6.21. The van der Waals surface area contributed by atoms with E-state index >= 15 is 0 Å². The predicted molar refractivity (Wildman–Crippen MR) is 99.2 cm³/mol. The van der Waals surface area contributed by atoms with Gasteiger partial charge in [0.2, 0.25) is 0 Å². The summed E-state index contributed by atoms with van der Waals surface area (Å²) in [6.45, 7) is 9.96. The van der Waals surface area contributed by atoms with Gasteiger partial charge in [-0.15, -0.1) is 12.4 Å². The molecule has 1 aromatic carbocycles. The topological polar surface area (TPSA) is 57.5 Å². The van der Waals surface area contributed by atoms with Gasteiger partial charge in [0.25, 0.3) is 5.91 Å². The maximum absolute atomic E-state index is 12.4. The summed E-state index contributed by atoms with van der Waals surface area (Å²) < 4.78 is 5.81. The Bertz CT molecular complexity index is 693. The molecule has 0 spiro atoms. The average Bonchev–Trinajstić information content (AvgIpc) is 2.91. The Morgan fingerprint density at radius 3 is 2.75 bits per heavy atom. The van der Waals surface area contributed by atoms with Gasteiger partial charge in [-0.1, -0.05) is 18.2 Å². The van der Waals surface area contributed by atoms with Gasteiger partial charge in [-0.25, -0.2) is 0 Å². The van der Waals surface area contributed by atoms with E-state index in [9.17, 15) is 4.79 Å². The first-order valence-corrected chi connectivity index (χ1v) is 8.37. The van der Waals surface area contributed by atoms with Crippen LogP contribution in [0.5, 0.6) is 0 Å². The molecule has 0 atom stereocenters. The zero-order chi connectivity index (χ0) is 16.2. The van der Waals surface area contributed by atoms with Crippen LogP contribution in [0.4, 0.5) is 0 Å². The molecule has 1 fully saturated rings. The summed E-state index contributed by atoms with van der Waals surface area (Å²) in [5.74, 6) is 0.329. The fourth-order valence-corrected chi connectivity index (χ4v) is 3.12. The zero-order valence-corrected chi connectivity index (χ0v) is 15.2. The van der Waals surface area contributed by atoms with Crippen LogP contribution in [0, 0.1) is 13.8 Å². The molecular formula is C18H26ClN3O2. The molecule has 6 heteroatoms. The van der Waals surface area contributed by atoms with E-state index in [1.54, 1.807) is 0 Å². The Kier molecular flexibility index (Phi) is 6.66. The normalized spacial score (nSPS) is 15.2. The smallest absolute Gasteiger partial charge is 0.287 e. The molecule has 0 bridgehead atoms. The zero-order valence-electron chi connectivity index (χ0n) is 14.4. The summed E-state index contributed by atoms with van der Waals surface area (Å²) >= 11 is 0. The lowest BCUT2D eigenvalue weighted by molar-refractivity contribution is 0.0925. The quantitative estimate of drug-likeness (QED) is 0.813. The highest BCUT2D eigenvalue weighted by Crippen LogP contribution is 2.27. The van der Waals surface area contributed by atoms with Gasteiger partial charge in [-0.3, -0.25) is 4.79 Å². The summed E-state index contributed by atoms with van der Waals surface area (Å²) in [6, 6.07) is 6.00. The highest BCUT2D eigenvalue weighted by Gasteiger charge is 2.18. The number of amides is 1. The Morgan fingerprint density at radius 2 is 2.04 bits per heavy atom. The third-order valence-electron chi connectivity index (χ3n) is 4.51. The number of hydrogen-bond donors (Lipinski definition) is 2. The molecule has 0 unspecified atom stereocenters. The molecular weight excluding hydrogens is 326 g/mol. The molecule has 1 aromatic heterocycles. The van der Waals surface area contributed by atoms with Crippen molar-refractivity contribution in [2.75, 3.05) is 39.3 Å². The van der Waals surface area contributed by atoms with Crippen LogP contribution in [0.25, 0.3) is 11.0 Å².